The van der Waals surface area contributed by atoms with Crippen LogP contribution < -0.4 is 30.9 Å². The van der Waals surface area contributed by atoms with Crippen LogP contribution in [0, 0.1) is 17.8 Å². The van der Waals surface area contributed by atoms with Crippen LogP contribution >= 0.6 is 0 Å². The Morgan fingerprint density at radius 1 is 0.575 bits per heavy atom. The van der Waals surface area contributed by atoms with Crippen molar-refractivity contribution in [1.82, 2.24) is 4.57 Å². The molecule has 4 fully saturated rings. The van der Waals surface area contributed by atoms with Crippen LogP contribution in [0.15, 0.2) is 200 Å². The van der Waals surface area contributed by atoms with Gasteiger partial charge in [-0.2, -0.15) is 0 Å². The molecule has 0 N–H and O–H groups in total. The van der Waals surface area contributed by atoms with Gasteiger partial charge in [0, 0.05) is 61.9 Å². The van der Waals surface area contributed by atoms with Gasteiger partial charge in [0.15, 0.2) is 0 Å². The number of para-hydroxylation sites is 4. The van der Waals surface area contributed by atoms with E-state index in [0.717, 1.165) is 52.7 Å². The number of fused-ring (bicyclic) bond motifs is 7. The van der Waals surface area contributed by atoms with E-state index in [4.69, 9.17) is 4.74 Å². The number of benzene rings is 8. The van der Waals surface area contributed by atoms with Gasteiger partial charge in [-0.25, -0.2) is 0 Å². The average molecular weight is 946 g/mol. The number of aromatic nitrogens is 1. The summed E-state index contributed by atoms with van der Waals surface area (Å²) in [5, 5.41) is 2.58. The van der Waals surface area contributed by atoms with Crippen LogP contribution in [0.2, 0.25) is 0 Å². The van der Waals surface area contributed by atoms with E-state index in [9.17, 15) is 0 Å². The monoisotopic (exact) mass is 945 g/mol. The molecule has 4 saturated carbocycles. The molecule has 9 aromatic rings. The summed E-state index contributed by atoms with van der Waals surface area (Å²) in [5.41, 5.74) is 18.8. The van der Waals surface area contributed by atoms with Crippen LogP contribution in [0.25, 0.3) is 38.6 Å². The molecule has 356 valence electrons. The van der Waals surface area contributed by atoms with Gasteiger partial charge in [-0.3, -0.25) is 0 Å². The summed E-state index contributed by atoms with van der Waals surface area (Å²) in [6.07, 6.45) is 17.9. The van der Waals surface area contributed by atoms with Crippen molar-refractivity contribution in [3.8, 4) is 28.3 Å². The summed E-state index contributed by atoms with van der Waals surface area (Å²) >= 11 is 0. The molecular weight excluding hydrogens is 886 g/mol. The zero-order chi connectivity index (χ0) is 48.6. The van der Waals surface area contributed by atoms with Crippen molar-refractivity contribution in [3.05, 3.63) is 211 Å². The molecule has 1 unspecified atom stereocenters. The Morgan fingerprint density at radius 2 is 1.21 bits per heavy atom. The molecule has 8 aromatic carbocycles. The highest BCUT2D eigenvalue weighted by Crippen LogP contribution is 2.61. The molecule has 73 heavy (non-hydrogen) atoms. The maximum absolute atomic E-state index is 7.75. The number of anilines is 5. The number of allylic oxidation sites excluding steroid dienone is 4. The number of rotatable bonds is 7. The van der Waals surface area contributed by atoms with Crippen LogP contribution in [-0.2, 0) is 5.41 Å². The van der Waals surface area contributed by atoms with E-state index in [2.05, 4.69) is 235 Å². The zero-order valence-electron chi connectivity index (χ0n) is 42.1. The summed E-state index contributed by atoms with van der Waals surface area (Å²) in [4.78, 5) is 5.39. The van der Waals surface area contributed by atoms with E-state index in [0.29, 0.717) is 0 Å². The SMILES string of the molecule is CC(C)(C)c1ccc(-c2cc3c4c(c2)N(C25CC6CC(CC(C6)C2)C5)c2cc(-n5c6ccccc6c6ccccc65)ccc2B4c2cc(N(c4ccccc4)c4ccccc4)cc(C4C=CC=CC4)c2O3)cc1. The molecule has 7 aliphatic rings. The molecule has 1 aromatic heterocycles. The minimum Gasteiger partial charge on any atom is -0.458 e. The van der Waals surface area contributed by atoms with Crippen LogP contribution in [-0.4, -0.2) is 16.8 Å². The largest absolute Gasteiger partial charge is 0.458 e. The van der Waals surface area contributed by atoms with Gasteiger partial charge >= 0.3 is 0 Å². The van der Waals surface area contributed by atoms with E-state index in [-0.39, 0.29) is 23.6 Å². The van der Waals surface area contributed by atoms with Crippen LogP contribution in [0.4, 0.5) is 28.4 Å². The fourth-order valence-electron chi connectivity index (χ4n) is 15.2. The molecular formula is C68H60BN3O. The molecule has 2 aliphatic heterocycles. The zero-order valence-corrected chi connectivity index (χ0v) is 42.1. The summed E-state index contributed by atoms with van der Waals surface area (Å²) in [5.74, 6) is 4.42. The van der Waals surface area contributed by atoms with Gasteiger partial charge in [-0.1, -0.05) is 148 Å². The van der Waals surface area contributed by atoms with Crippen molar-refractivity contribution < 1.29 is 4.74 Å². The summed E-state index contributed by atoms with van der Waals surface area (Å²) < 4.78 is 10.3. The lowest BCUT2D eigenvalue weighted by Crippen LogP contribution is -2.66. The first-order valence-corrected chi connectivity index (χ1v) is 27.1. The Labute approximate surface area is 430 Å². The van der Waals surface area contributed by atoms with Crippen LogP contribution in [0.3, 0.4) is 0 Å². The maximum Gasteiger partial charge on any atom is 0.256 e. The topological polar surface area (TPSA) is 20.6 Å². The number of ether oxygens (including phenoxy) is 1. The molecule has 0 spiro atoms. The van der Waals surface area contributed by atoms with Crippen LogP contribution in [0.5, 0.6) is 11.5 Å². The molecule has 4 nitrogen and oxygen atoms in total. The molecule has 0 radical (unpaired) electrons. The second-order valence-electron chi connectivity index (χ2n) is 23.5. The van der Waals surface area contributed by atoms with Crippen molar-refractivity contribution >= 4 is 73.3 Å². The average Bonchev–Trinajstić information content (AvgIpc) is 3.75. The fourth-order valence-corrected chi connectivity index (χ4v) is 15.2. The van der Waals surface area contributed by atoms with E-state index in [1.54, 1.807) is 0 Å². The van der Waals surface area contributed by atoms with E-state index < -0.39 is 0 Å². The Hall–Kier alpha value is -7.50. The minimum atomic E-state index is -0.0753. The van der Waals surface area contributed by atoms with Crippen molar-refractivity contribution in [2.75, 3.05) is 9.80 Å². The van der Waals surface area contributed by atoms with Crippen molar-refractivity contribution in [2.45, 2.75) is 82.6 Å². The number of hydrogen-bond acceptors (Lipinski definition) is 3. The Kier molecular flexibility index (Phi) is 9.60. The lowest BCUT2D eigenvalue weighted by Gasteiger charge is -2.62. The highest BCUT2D eigenvalue weighted by molar-refractivity contribution is 6.99. The van der Waals surface area contributed by atoms with Gasteiger partial charge in [0.25, 0.3) is 6.71 Å². The van der Waals surface area contributed by atoms with Gasteiger partial charge in [0.05, 0.1) is 11.0 Å². The Morgan fingerprint density at radius 3 is 1.82 bits per heavy atom. The highest BCUT2D eigenvalue weighted by Gasteiger charge is 2.57. The van der Waals surface area contributed by atoms with Gasteiger partial charge in [0.2, 0.25) is 0 Å². The smallest absolute Gasteiger partial charge is 0.256 e. The number of nitrogens with zero attached hydrogens (tertiary/aromatic N) is 3. The van der Waals surface area contributed by atoms with Crippen molar-refractivity contribution in [1.29, 1.82) is 0 Å². The first-order chi connectivity index (χ1) is 35.7. The third-order valence-corrected chi connectivity index (χ3v) is 17.9. The summed E-state index contributed by atoms with van der Waals surface area (Å²) in [6.45, 7) is 6.85. The fraction of sp³-hybridized carbons (Fsp3) is 0.235. The molecule has 5 heteroatoms. The standard InChI is InChI=1S/C68H60BN3O/c1-67(2,3)50-29-27-47(28-30-50)49-36-63-65-64(37-49)73-66-57(48-17-7-4-8-18-48)38-54(70(51-19-9-5-10-20-51)52-21-11-6-12-22-52)39-59(66)69(65)58-32-31-53(71-60-25-15-13-23-55(60)56-24-14-16-26-61(56)71)40-62(58)72(63)68-41-44-33-45(42-68)35-46(34-44)43-68/h4-17,19-32,36-40,44-46,48H,18,33-35,41-43H2,1-3H3. The molecule has 4 bridgehead atoms. The normalized spacial score (nSPS) is 22.1. The molecule has 0 saturated heterocycles. The van der Waals surface area contributed by atoms with Crippen molar-refractivity contribution in [2.24, 2.45) is 17.8 Å². The van der Waals surface area contributed by atoms with Crippen LogP contribution in [0.1, 0.15) is 82.8 Å². The van der Waals surface area contributed by atoms with E-state index in [1.807, 2.05) is 0 Å². The Balaban J connectivity index is 1.03. The number of hydrogen-bond donors (Lipinski definition) is 0. The van der Waals surface area contributed by atoms with E-state index in [1.165, 1.54) is 116 Å². The lowest BCUT2D eigenvalue weighted by molar-refractivity contribution is 0.000632. The first kappa shape index (κ1) is 43.1. The predicted octanol–water partition coefficient (Wildman–Crippen LogP) is 15.9. The summed E-state index contributed by atoms with van der Waals surface area (Å²) in [6, 6.07) is 66.7. The molecule has 3 heterocycles. The van der Waals surface area contributed by atoms with Crippen molar-refractivity contribution in [3.63, 3.8) is 0 Å². The lowest BCUT2D eigenvalue weighted by atomic mass is 9.33. The van der Waals surface area contributed by atoms with Gasteiger partial charge in [-0.05, 0) is 174 Å². The molecule has 1 atom stereocenters. The van der Waals surface area contributed by atoms with Gasteiger partial charge < -0.3 is 19.1 Å². The third-order valence-electron chi connectivity index (χ3n) is 17.9. The molecule has 16 rings (SSSR count). The van der Waals surface area contributed by atoms with Gasteiger partial charge in [-0.15, -0.1) is 0 Å². The first-order valence-electron chi connectivity index (χ1n) is 27.1. The maximum atomic E-state index is 7.75. The highest BCUT2D eigenvalue weighted by atomic mass is 16.5. The quantitative estimate of drug-likeness (QED) is 0.149. The molecule has 0 amide bonds. The van der Waals surface area contributed by atoms with Gasteiger partial charge in [0.1, 0.15) is 11.5 Å². The third kappa shape index (κ3) is 6.80. The second-order valence-corrected chi connectivity index (χ2v) is 23.5. The van der Waals surface area contributed by atoms with E-state index >= 15 is 0 Å². The summed E-state index contributed by atoms with van der Waals surface area (Å²) in [7, 11) is 0. The second kappa shape index (κ2) is 16.3. The molecule has 5 aliphatic carbocycles. The Bertz CT molecular complexity index is 3600. The predicted molar refractivity (Wildman–Crippen MR) is 306 cm³/mol. The minimum absolute atomic E-state index is 0.000330.